The first kappa shape index (κ1) is 24.1. The van der Waals surface area contributed by atoms with Crippen LogP contribution in [0.2, 0.25) is 0 Å². The molecule has 0 radical (unpaired) electrons. The van der Waals surface area contributed by atoms with Gasteiger partial charge in [0.1, 0.15) is 0 Å². The van der Waals surface area contributed by atoms with Gasteiger partial charge in [0, 0.05) is 38.4 Å². The minimum absolute atomic E-state index is 0.0188. The van der Waals surface area contributed by atoms with Gasteiger partial charge in [-0.05, 0) is 54.3 Å². The molecular formula is C27H33N3O3. The topological polar surface area (TPSA) is 65.8 Å². The number of benzene rings is 2. The van der Waals surface area contributed by atoms with E-state index in [0.717, 1.165) is 22.5 Å². The second-order valence-electron chi connectivity index (χ2n) is 8.88. The summed E-state index contributed by atoms with van der Waals surface area (Å²) < 4.78 is 5.43. The Bertz CT molecular complexity index is 1060. The molecule has 0 fully saturated rings. The van der Waals surface area contributed by atoms with Crippen molar-refractivity contribution < 1.29 is 14.0 Å². The Labute approximate surface area is 196 Å². The van der Waals surface area contributed by atoms with E-state index in [2.05, 4.69) is 5.32 Å². The van der Waals surface area contributed by atoms with Crippen LogP contribution in [0.25, 0.3) is 0 Å². The van der Waals surface area contributed by atoms with E-state index in [1.807, 2.05) is 88.3 Å². The van der Waals surface area contributed by atoms with Crippen LogP contribution in [0.1, 0.15) is 54.9 Å². The third-order valence-electron chi connectivity index (χ3n) is 5.52. The van der Waals surface area contributed by atoms with Gasteiger partial charge < -0.3 is 19.5 Å². The van der Waals surface area contributed by atoms with Crippen molar-refractivity contribution in [2.45, 2.75) is 39.8 Å². The molecule has 6 heteroatoms. The Morgan fingerprint density at radius 3 is 2.30 bits per heavy atom. The molecule has 1 aromatic heterocycles. The summed E-state index contributed by atoms with van der Waals surface area (Å²) in [5.41, 5.74) is 3.67. The van der Waals surface area contributed by atoms with E-state index >= 15 is 0 Å². The van der Waals surface area contributed by atoms with Crippen LogP contribution in [0, 0.1) is 5.92 Å². The Morgan fingerprint density at radius 2 is 1.70 bits per heavy atom. The van der Waals surface area contributed by atoms with Crippen molar-refractivity contribution in [2.75, 3.05) is 24.3 Å². The van der Waals surface area contributed by atoms with Gasteiger partial charge >= 0.3 is 0 Å². The SMILES string of the molecule is CC(C)CC(=O)Nc1ccc(N(C)C)c(CN(C(=O)c2ccco2)C(C)c2ccccc2)c1. The molecule has 0 bridgehead atoms. The normalized spacial score (nSPS) is 11.8. The highest BCUT2D eigenvalue weighted by atomic mass is 16.3. The first-order valence-corrected chi connectivity index (χ1v) is 11.3. The van der Waals surface area contributed by atoms with Gasteiger partial charge in [-0.2, -0.15) is 0 Å². The minimum Gasteiger partial charge on any atom is -0.459 e. The van der Waals surface area contributed by atoms with Crippen molar-refractivity contribution in [2.24, 2.45) is 5.92 Å². The first-order chi connectivity index (χ1) is 15.8. The van der Waals surface area contributed by atoms with Crippen LogP contribution >= 0.6 is 0 Å². The molecule has 1 unspecified atom stereocenters. The molecular weight excluding hydrogens is 414 g/mol. The van der Waals surface area contributed by atoms with Gasteiger partial charge in [-0.1, -0.05) is 44.2 Å². The van der Waals surface area contributed by atoms with Gasteiger partial charge in [0.05, 0.1) is 12.3 Å². The van der Waals surface area contributed by atoms with Crippen LogP contribution in [0.5, 0.6) is 0 Å². The van der Waals surface area contributed by atoms with Crippen molar-refractivity contribution in [3.8, 4) is 0 Å². The fraction of sp³-hybridized carbons (Fsp3) is 0.333. The number of rotatable bonds is 9. The maximum absolute atomic E-state index is 13.4. The van der Waals surface area contributed by atoms with E-state index in [9.17, 15) is 9.59 Å². The van der Waals surface area contributed by atoms with Crippen LogP contribution in [0.3, 0.4) is 0 Å². The van der Waals surface area contributed by atoms with Crippen molar-refractivity contribution in [3.05, 3.63) is 83.8 Å². The number of nitrogens with zero attached hydrogens (tertiary/aromatic N) is 2. The van der Waals surface area contributed by atoms with Gasteiger partial charge in [0.15, 0.2) is 5.76 Å². The number of carbonyl (C=O) groups is 2. The average Bonchev–Trinajstić information content (AvgIpc) is 3.31. The predicted molar refractivity (Wildman–Crippen MR) is 132 cm³/mol. The fourth-order valence-corrected chi connectivity index (χ4v) is 3.83. The van der Waals surface area contributed by atoms with Crippen molar-refractivity contribution >= 4 is 23.2 Å². The number of hydrogen-bond donors (Lipinski definition) is 1. The van der Waals surface area contributed by atoms with Gasteiger partial charge in [0.2, 0.25) is 5.91 Å². The minimum atomic E-state index is -0.185. The van der Waals surface area contributed by atoms with E-state index in [-0.39, 0.29) is 23.8 Å². The fourth-order valence-electron chi connectivity index (χ4n) is 3.83. The van der Waals surface area contributed by atoms with Gasteiger partial charge in [-0.3, -0.25) is 9.59 Å². The lowest BCUT2D eigenvalue weighted by atomic mass is 10.0. The van der Waals surface area contributed by atoms with Crippen LogP contribution in [-0.2, 0) is 11.3 Å². The average molecular weight is 448 g/mol. The van der Waals surface area contributed by atoms with Crippen LogP contribution in [0.4, 0.5) is 11.4 Å². The number of hydrogen-bond acceptors (Lipinski definition) is 4. The lowest BCUT2D eigenvalue weighted by molar-refractivity contribution is -0.116. The zero-order valence-corrected chi connectivity index (χ0v) is 20.0. The number of amides is 2. The monoisotopic (exact) mass is 447 g/mol. The zero-order valence-electron chi connectivity index (χ0n) is 20.0. The zero-order chi connectivity index (χ0) is 24.0. The summed E-state index contributed by atoms with van der Waals surface area (Å²) in [5.74, 6) is 0.370. The summed E-state index contributed by atoms with van der Waals surface area (Å²) in [7, 11) is 3.93. The summed E-state index contributed by atoms with van der Waals surface area (Å²) in [5, 5.41) is 2.99. The molecule has 2 amide bonds. The quantitative estimate of drug-likeness (QED) is 0.455. The van der Waals surface area contributed by atoms with Crippen LogP contribution in [-0.4, -0.2) is 30.8 Å². The van der Waals surface area contributed by atoms with E-state index in [4.69, 9.17) is 4.42 Å². The predicted octanol–water partition coefficient (Wildman–Crippen LogP) is 5.73. The molecule has 0 aliphatic rings. The number of nitrogens with one attached hydrogen (secondary N) is 1. The highest BCUT2D eigenvalue weighted by molar-refractivity contribution is 5.92. The Morgan fingerprint density at radius 1 is 0.970 bits per heavy atom. The Kier molecular flexibility index (Phi) is 7.93. The summed E-state index contributed by atoms with van der Waals surface area (Å²) in [6.45, 7) is 6.41. The molecule has 3 aromatic rings. The molecule has 33 heavy (non-hydrogen) atoms. The maximum Gasteiger partial charge on any atom is 0.290 e. The van der Waals surface area contributed by atoms with Crippen molar-refractivity contribution in [1.29, 1.82) is 0 Å². The molecule has 6 nitrogen and oxygen atoms in total. The van der Waals surface area contributed by atoms with E-state index in [1.165, 1.54) is 6.26 Å². The molecule has 0 aliphatic carbocycles. The second-order valence-corrected chi connectivity index (χ2v) is 8.88. The lowest BCUT2D eigenvalue weighted by Crippen LogP contribution is -2.33. The molecule has 0 spiro atoms. The highest BCUT2D eigenvalue weighted by Crippen LogP contribution is 2.30. The molecule has 2 aromatic carbocycles. The van der Waals surface area contributed by atoms with Crippen LogP contribution in [0.15, 0.2) is 71.3 Å². The Balaban J connectivity index is 1.97. The summed E-state index contributed by atoms with van der Waals surface area (Å²) in [6.07, 6.45) is 1.97. The molecule has 0 saturated carbocycles. The van der Waals surface area contributed by atoms with Crippen LogP contribution < -0.4 is 10.2 Å². The highest BCUT2D eigenvalue weighted by Gasteiger charge is 2.26. The lowest BCUT2D eigenvalue weighted by Gasteiger charge is -2.31. The summed E-state index contributed by atoms with van der Waals surface area (Å²) in [6, 6.07) is 19.0. The smallest absolute Gasteiger partial charge is 0.290 e. The summed E-state index contributed by atoms with van der Waals surface area (Å²) in [4.78, 5) is 29.6. The van der Waals surface area contributed by atoms with Gasteiger partial charge in [0.25, 0.3) is 5.91 Å². The third kappa shape index (κ3) is 6.25. The number of furan rings is 1. The standard InChI is InChI=1S/C27H33N3O3/c1-19(2)16-26(31)28-23-13-14-24(29(4)5)22(17-23)18-30(27(32)25-12-9-15-33-25)20(3)21-10-7-6-8-11-21/h6-15,17,19-20H,16,18H2,1-5H3,(H,28,31). The van der Waals surface area contributed by atoms with Crippen molar-refractivity contribution in [1.82, 2.24) is 4.90 Å². The van der Waals surface area contributed by atoms with E-state index in [0.29, 0.717) is 18.7 Å². The molecule has 1 heterocycles. The van der Waals surface area contributed by atoms with E-state index in [1.54, 1.807) is 17.0 Å². The molecule has 0 saturated heterocycles. The second kappa shape index (κ2) is 10.9. The van der Waals surface area contributed by atoms with E-state index < -0.39 is 0 Å². The van der Waals surface area contributed by atoms with Gasteiger partial charge in [-0.15, -0.1) is 0 Å². The summed E-state index contributed by atoms with van der Waals surface area (Å²) >= 11 is 0. The largest absolute Gasteiger partial charge is 0.459 e. The third-order valence-corrected chi connectivity index (χ3v) is 5.52. The molecule has 174 valence electrons. The van der Waals surface area contributed by atoms with Gasteiger partial charge in [-0.25, -0.2) is 0 Å². The molecule has 3 rings (SSSR count). The maximum atomic E-state index is 13.4. The number of carbonyl (C=O) groups excluding carboxylic acids is 2. The molecule has 1 atom stereocenters. The Hall–Kier alpha value is -3.54. The molecule has 1 N–H and O–H groups in total. The van der Waals surface area contributed by atoms with Crippen molar-refractivity contribution in [3.63, 3.8) is 0 Å². The number of anilines is 2. The molecule has 0 aliphatic heterocycles. The first-order valence-electron chi connectivity index (χ1n) is 11.3.